The lowest BCUT2D eigenvalue weighted by Crippen LogP contribution is -3.11. The zero-order valence-corrected chi connectivity index (χ0v) is 13.8. The highest BCUT2D eigenvalue weighted by Crippen LogP contribution is 2.14. The second-order valence-electron chi connectivity index (χ2n) is 5.42. The summed E-state index contributed by atoms with van der Waals surface area (Å²) >= 11 is 0. The molecule has 0 amide bonds. The van der Waals surface area contributed by atoms with Gasteiger partial charge < -0.3 is 21.7 Å². The molecule has 0 aliphatic rings. The smallest absolute Gasteiger partial charge is 0.275 e. The Morgan fingerprint density at radius 2 is 1.59 bits per heavy atom. The Hall–Kier alpha value is -1.78. The first-order valence-electron chi connectivity index (χ1n) is 7.68. The predicted octanol–water partition coefficient (Wildman–Crippen LogP) is -1.82. The molecule has 2 aromatic heterocycles. The van der Waals surface area contributed by atoms with Crippen LogP contribution in [0, 0.1) is 0 Å². The Morgan fingerprint density at radius 3 is 2.27 bits per heavy atom. The van der Waals surface area contributed by atoms with Crippen molar-refractivity contribution in [1.82, 2.24) is 8.97 Å². The first-order chi connectivity index (χ1) is 10.3. The number of nitrogens with one attached hydrogen (secondary N) is 1. The number of rotatable bonds is 5. The normalized spacial score (nSPS) is 11.2. The molecule has 0 radical (unpaired) electrons. The van der Waals surface area contributed by atoms with Gasteiger partial charge in [0.1, 0.15) is 5.52 Å². The Labute approximate surface area is 136 Å². The van der Waals surface area contributed by atoms with Gasteiger partial charge in [0.05, 0.1) is 37.2 Å². The number of para-hydroxylation sites is 2. The second kappa shape index (κ2) is 6.99. The Morgan fingerprint density at radius 1 is 0.955 bits per heavy atom. The van der Waals surface area contributed by atoms with Crippen molar-refractivity contribution in [1.29, 1.82) is 0 Å². The Bertz CT molecular complexity index is 817. The van der Waals surface area contributed by atoms with Crippen LogP contribution in [0.15, 0.2) is 47.4 Å². The molecule has 0 bridgehead atoms. The fourth-order valence-electron chi connectivity index (χ4n) is 3.00. The summed E-state index contributed by atoms with van der Waals surface area (Å²) in [6.07, 6.45) is 1.96. The zero-order valence-electron chi connectivity index (χ0n) is 13.1. The fourth-order valence-corrected chi connectivity index (χ4v) is 3.00. The van der Waals surface area contributed by atoms with E-state index >= 15 is 0 Å². The van der Waals surface area contributed by atoms with Crippen LogP contribution in [0.4, 0.5) is 0 Å². The van der Waals surface area contributed by atoms with Crippen molar-refractivity contribution in [3.8, 4) is 0 Å². The maximum absolute atomic E-state index is 12.7. The third-order valence-corrected chi connectivity index (χ3v) is 4.33. The molecule has 22 heavy (non-hydrogen) atoms. The van der Waals surface area contributed by atoms with E-state index in [9.17, 15) is 4.79 Å². The number of aromatic nitrogens is 2. The minimum absolute atomic E-state index is 0. The minimum Gasteiger partial charge on any atom is -1.00 e. The summed E-state index contributed by atoms with van der Waals surface area (Å²) in [6, 6.07) is 12.0. The number of nitrogens with zero attached hydrogens (tertiary/aromatic N) is 2. The SMILES string of the molecule is CC[NH+](CC)CCn1c(=O)c2cccn2c2ccccc21.[Cl-]. The monoisotopic (exact) mass is 319 g/mol. The lowest BCUT2D eigenvalue weighted by atomic mass is 10.2. The summed E-state index contributed by atoms with van der Waals surface area (Å²) < 4.78 is 3.91. The molecule has 0 aliphatic carbocycles. The molecule has 0 fully saturated rings. The summed E-state index contributed by atoms with van der Waals surface area (Å²) in [4.78, 5) is 14.2. The van der Waals surface area contributed by atoms with Gasteiger partial charge in [0.25, 0.3) is 5.56 Å². The largest absolute Gasteiger partial charge is 1.00 e. The van der Waals surface area contributed by atoms with Gasteiger partial charge in [0, 0.05) is 6.20 Å². The standard InChI is InChI=1S/C17H21N3O.ClH/c1-3-18(4-2)12-13-20-15-9-6-5-8-14(15)19-11-7-10-16(19)17(20)21;/h5-11H,3-4,12-13H2,1-2H3;1H. The van der Waals surface area contributed by atoms with Crippen LogP contribution in [-0.2, 0) is 6.54 Å². The molecule has 118 valence electrons. The fraction of sp³-hybridized carbons (Fsp3) is 0.353. The predicted molar refractivity (Wildman–Crippen MR) is 86.1 cm³/mol. The number of benzene rings is 1. The molecule has 0 saturated heterocycles. The van der Waals surface area contributed by atoms with E-state index in [0.717, 1.165) is 42.7 Å². The molecule has 5 heteroatoms. The first kappa shape index (κ1) is 16.6. The van der Waals surface area contributed by atoms with E-state index in [2.05, 4.69) is 19.9 Å². The van der Waals surface area contributed by atoms with Crippen LogP contribution in [-0.4, -0.2) is 28.6 Å². The third-order valence-electron chi connectivity index (χ3n) is 4.33. The third kappa shape index (κ3) is 2.76. The van der Waals surface area contributed by atoms with Crippen LogP contribution in [0.3, 0.4) is 0 Å². The molecule has 0 aliphatic heterocycles. The summed E-state index contributed by atoms with van der Waals surface area (Å²) in [5, 5.41) is 0. The van der Waals surface area contributed by atoms with Crippen molar-refractivity contribution in [3.05, 3.63) is 52.9 Å². The van der Waals surface area contributed by atoms with Gasteiger partial charge in [-0.1, -0.05) is 12.1 Å². The first-order valence-corrected chi connectivity index (χ1v) is 7.68. The van der Waals surface area contributed by atoms with Crippen molar-refractivity contribution < 1.29 is 17.3 Å². The van der Waals surface area contributed by atoms with Crippen molar-refractivity contribution >= 4 is 16.6 Å². The highest BCUT2D eigenvalue weighted by atomic mass is 35.5. The lowest BCUT2D eigenvalue weighted by Gasteiger charge is -2.17. The average molecular weight is 320 g/mol. The highest BCUT2D eigenvalue weighted by molar-refractivity contribution is 5.78. The van der Waals surface area contributed by atoms with E-state index in [1.165, 1.54) is 4.90 Å². The van der Waals surface area contributed by atoms with Crippen LogP contribution in [0.25, 0.3) is 16.6 Å². The maximum Gasteiger partial charge on any atom is 0.275 e. The van der Waals surface area contributed by atoms with Gasteiger partial charge in [-0.05, 0) is 38.1 Å². The quantitative estimate of drug-likeness (QED) is 0.590. The highest BCUT2D eigenvalue weighted by Gasteiger charge is 2.11. The summed E-state index contributed by atoms with van der Waals surface area (Å²) in [5.41, 5.74) is 2.96. The molecular weight excluding hydrogens is 298 g/mol. The lowest BCUT2D eigenvalue weighted by molar-refractivity contribution is -0.897. The van der Waals surface area contributed by atoms with Gasteiger partial charge in [-0.25, -0.2) is 0 Å². The van der Waals surface area contributed by atoms with Crippen LogP contribution in [0.5, 0.6) is 0 Å². The van der Waals surface area contributed by atoms with Crippen LogP contribution < -0.4 is 22.9 Å². The average Bonchev–Trinajstić information content (AvgIpc) is 3.01. The Kier molecular flexibility index (Phi) is 5.27. The van der Waals surface area contributed by atoms with Crippen molar-refractivity contribution in [2.75, 3.05) is 19.6 Å². The van der Waals surface area contributed by atoms with E-state index in [-0.39, 0.29) is 18.0 Å². The van der Waals surface area contributed by atoms with E-state index in [4.69, 9.17) is 0 Å². The number of hydrogen-bond donors (Lipinski definition) is 1. The van der Waals surface area contributed by atoms with Gasteiger partial charge in [-0.3, -0.25) is 9.36 Å². The topological polar surface area (TPSA) is 30.9 Å². The van der Waals surface area contributed by atoms with Gasteiger partial charge in [-0.2, -0.15) is 0 Å². The number of fused-ring (bicyclic) bond motifs is 3. The van der Waals surface area contributed by atoms with Crippen LogP contribution in [0.1, 0.15) is 13.8 Å². The van der Waals surface area contributed by atoms with Crippen LogP contribution in [0.2, 0.25) is 0 Å². The molecule has 4 nitrogen and oxygen atoms in total. The molecule has 3 aromatic rings. The van der Waals surface area contributed by atoms with Gasteiger partial charge in [0.15, 0.2) is 0 Å². The van der Waals surface area contributed by atoms with Crippen molar-refractivity contribution in [2.24, 2.45) is 0 Å². The summed E-state index contributed by atoms with van der Waals surface area (Å²) in [6.45, 7) is 8.31. The summed E-state index contributed by atoms with van der Waals surface area (Å²) in [7, 11) is 0. The van der Waals surface area contributed by atoms with E-state index in [0.29, 0.717) is 0 Å². The zero-order chi connectivity index (χ0) is 14.8. The molecular formula is C17H22ClN3O. The molecule has 1 aromatic carbocycles. The molecule has 0 saturated carbocycles. The Balaban J connectivity index is 0.00000176. The number of halogens is 1. The van der Waals surface area contributed by atoms with Crippen LogP contribution >= 0.6 is 0 Å². The molecule has 3 rings (SSSR count). The minimum atomic E-state index is 0. The summed E-state index contributed by atoms with van der Waals surface area (Å²) in [5.74, 6) is 0. The molecule has 2 heterocycles. The molecule has 1 N–H and O–H groups in total. The number of likely N-dealkylation sites (N-methyl/N-ethyl adjacent to an activating group) is 1. The van der Waals surface area contributed by atoms with Gasteiger partial charge >= 0.3 is 0 Å². The van der Waals surface area contributed by atoms with Crippen molar-refractivity contribution in [3.63, 3.8) is 0 Å². The van der Waals surface area contributed by atoms with E-state index < -0.39 is 0 Å². The number of quaternary nitrogens is 1. The number of hydrogen-bond acceptors (Lipinski definition) is 1. The molecule has 0 spiro atoms. The second-order valence-corrected chi connectivity index (χ2v) is 5.42. The molecule has 0 atom stereocenters. The molecule has 0 unspecified atom stereocenters. The van der Waals surface area contributed by atoms with Gasteiger partial charge in [-0.15, -0.1) is 0 Å². The van der Waals surface area contributed by atoms with E-state index in [1.807, 2.05) is 45.5 Å². The van der Waals surface area contributed by atoms with Gasteiger partial charge in [0.2, 0.25) is 0 Å². The van der Waals surface area contributed by atoms with Crippen molar-refractivity contribution in [2.45, 2.75) is 20.4 Å². The maximum atomic E-state index is 12.7. The van der Waals surface area contributed by atoms with E-state index in [1.54, 1.807) is 0 Å².